The van der Waals surface area contributed by atoms with E-state index < -0.39 is 0 Å². The standard InChI is InChI=1S/C23H30N2O/c1-5-25(6-2)18-21-13-9-10-14-22(21)23(26)16-15-19-11-7-8-12-20(19)17-24(3)4/h7-16H,5-6,17-18H2,1-4H3. The van der Waals surface area contributed by atoms with Crippen LogP contribution in [0.5, 0.6) is 0 Å². The molecule has 3 heteroatoms. The molecule has 0 aliphatic heterocycles. The van der Waals surface area contributed by atoms with E-state index in [0.717, 1.165) is 42.9 Å². The summed E-state index contributed by atoms with van der Waals surface area (Å²) < 4.78 is 0. The zero-order valence-corrected chi connectivity index (χ0v) is 16.4. The van der Waals surface area contributed by atoms with Gasteiger partial charge in [0, 0.05) is 18.7 Å². The van der Waals surface area contributed by atoms with Crippen LogP contribution in [-0.2, 0) is 13.1 Å². The summed E-state index contributed by atoms with van der Waals surface area (Å²) >= 11 is 0. The van der Waals surface area contributed by atoms with E-state index in [9.17, 15) is 4.79 Å². The molecular formula is C23H30N2O. The second-order valence-corrected chi connectivity index (χ2v) is 6.75. The van der Waals surface area contributed by atoms with E-state index in [4.69, 9.17) is 0 Å². The lowest BCUT2D eigenvalue weighted by Crippen LogP contribution is -2.23. The number of allylic oxidation sites excluding steroid dienone is 1. The Morgan fingerprint density at radius 3 is 2.15 bits per heavy atom. The van der Waals surface area contributed by atoms with Crippen LogP contribution in [0, 0.1) is 0 Å². The van der Waals surface area contributed by atoms with Crippen molar-refractivity contribution in [3.8, 4) is 0 Å². The summed E-state index contributed by atoms with van der Waals surface area (Å²) in [5.41, 5.74) is 4.20. The van der Waals surface area contributed by atoms with Gasteiger partial charge in [0.05, 0.1) is 0 Å². The smallest absolute Gasteiger partial charge is 0.186 e. The number of ketones is 1. The number of carbonyl (C=O) groups is 1. The fourth-order valence-corrected chi connectivity index (χ4v) is 3.02. The first kappa shape index (κ1) is 20.1. The van der Waals surface area contributed by atoms with E-state index in [0.29, 0.717) is 0 Å². The van der Waals surface area contributed by atoms with Crippen LogP contribution in [0.15, 0.2) is 54.6 Å². The number of carbonyl (C=O) groups excluding carboxylic acids is 1. The zero-order valence-electron chi connectivity index (χ0n) is 16.4. The van der Waals surface area contributed by atoms with Crippen LogP contribution in [-0.4, -0.2) is 42.8 Å². The molecule has 0 aliphatic rings. The fourth-order valence-electron chi connectivity index (χ4n) is 3.02. The topological polar surface area (TPSA) is 23.6 Å². The van der Waals surface area contributed by atoms with Gasteiger partial charge in [-0.25, -0.2) is 0 Å². The van der Waals surface area contributed by atoms with Crippen LogP contribution < -0.4 is 0 Å². The first-order chi connectivity index (χ1) is 12.5. The van der Waals surface area contributed by atoms with E-state index in [-0.39, 0.29) is 5.78 Å². The van der Waals surface area contributed by atoms with Crippen molar-refractivity contribution in [2.75, 3.05) is 27.2 Å². The molecule has 0 spiro atoms. The molecule has 0 saturated carbocycles. The second kappa shape index (κ2) is 10.0. The zero-order chi connectivity index (χ0) is 18.9. The van der Waals surface area contributed by atoms with Crippen LogP contribution in [0.2, 0.25) is 0 Å². The first-order valence-electron chi connectivity index (χ1n) is 9.30. The molecule has 0 atom stereocenters. The third-order valence-corrected chi connectivity index (χ3v) is 4.53. The van der Waals surface area contributed by atoms with Gasteiger partial charge in [-0.15, -0.1) is 0 Å². The van der Waals surface area contributed by atoms with Gasteiger partial charge in [0.15, 0.2) is 5.78 Å². The van der Waals surface area contributed by atoms with Crippen LogP contribution >= 0.6 is 0 Å². The van der Waals surface area contributed by atoms with Crippen LogP contribution in [0.3, 0.4) is 0 Å². The minimum Gasteiger partial charge on any atom is -0.305 e. The average Bonchev–Trinajstić information content (AvgIpc) is 2.65. The number of nitrogens with zero attached hydrogens (tertiary/aromatic N) is 2. The number of rotatable bonds is 9. The first-order valence-corrected chi connectivity index (χ1v) is 9.30. The Morgan fingerprint density at radius 2 is 1.50 bits per heavy atom. The average molecular weight is 351 g/mol. The van der Waals surface area contributed by atoms with Crippen LogP contribution in [0.25, 0.3) is 6.08 Å². The summed E-state index contributed by atoms with van der Waals surface area (Å²) in [6, 6.07) is 16.1. The molecule has 0 N–H and O–H groups in total. The highest BCUT2D eigenvalue weighted by Crippen LogP contribution is 2.16. The number of hydrogen-bond acceptors (Lipinski definition) is 3. The molecule has 0 fully saturated rings. The van der Waals surface area contributed by atoms with E-state index in [1.54, 1.807) is 6.08 Å². The largest absolute Gasteiger partial charge is 0.305 e. The van der Waals surface area contributed by atoms with Gasteiger partial charge in [-0.1, -0.05) is 68.5 Å². The molecule has 0 radical (unpaired) electrons. The molecule has 0 bridgehead atoms. The van der Waals surface area contributed by atoms with Crippen molar-refractivity contribution in [2.45, 2.75) is 26.9 Å². The molecule has 2 aromatic rings. The van der Waals surface area contributed by atoms with Gasteiger partial charge in [-0.05, 0) is 50.0 Å². The minimum atomic E-state index is 0.0624. The molecular weight excluding hydrogens is 320 g/mol. The Hall–Kier alpha value is -2.23. The molecule has 3 nitrogen and oxygen atoms in total. The summed E-state index contributed by atoms with van der Waals surface area (Å²) in [6.07, 6.45) is 3.64. The van der Waals surface area contributed by atoms with Gasteiger partial charge in [0.1, 0.15) is 0 Å². The maximum absolute atomic E-state index is 12.8. The van der Waals surface area contributed by atoms with Crippen LogP contribution in [0.1, 0.15) is 40.9 Å². The molecule has 2 rings (SSSR count). The lowest BCUT2D eigenvalue weighted by Gasteiger charge is -2.19. The molecule has 0 heterocycles. The van der Waals surface area contributed by atoms with Gasteiger partial charge in [-0.3, -0.25) is 9.69 Å². The molecule has 2 aromatic carbocycles. The van der Waals surface area contributed by atoms with Crippen LogP contribution in [0.4, 0.5) is 0 Å². The molecule has 0 unspecified atom stereocenters. The van der Waals surface area contributed by atoms with Crippen molar-refractivity contribution in [3.63, 3.8) is 0 Å². The van der Waals surface area contributed by atoms with Gasteiger partial charge < -0.3 is 4.90 Å². The predicted octanol–water partition coefficient (Wildman–Crippen LogP) is 4.49. The van der Waals surface area contributed by atoms with Crippen molar-refractivity contribution >= 4 is 11.9 Å². The summed E-state index contributed by atoms with van der Waals surface area (Å²) in [6.45, 7) is 7.91. The van der Waals surface area contributed by atoms with Gasteiger partial charge >= 0.3 is 0 Å². The Bertz CT molecular complexity index is 745. The molecule has 0 aromatic heterocycles. The second-order valence-electron chi connectivity index (χ2n) is 6.75. The van der Waals surface area contributed by atoms with Crippen molar-refractivity contribution in [2.24, 2.45) is 0 Å². The molecule has 0 amide bonds. The number of benzene rings is 2. The quantitative estimate of drug-likeness (QED) is 0.492. The molecule has 0 aliphatic carbocycles. The third-order valence-electron chi connectivity index (χ3n) is 4.53. The summed E-state index contributed by atoms with van der Waals surface area (Å²) in [4.78, 5) is 17.3. The Kier molecular flexibility index (Phi) is 7.76. The highest BCUT2D eigenvalue weighted by atomic mass is 16.1. The monoisotopic (exact) mass is 350 g/mol. The van der Waals surface area contributed by atoms with E-state index in [2.05, 4.69) is 55.9 Å². The van der Waals surface area contributed by atoms with Gasteiger partial charge in [0.2, 0.25) is 0 Å². The maximum Gasteiger partial charge on any atom is 0.186 e. The Balaban J connectivity index is 2.22. The Labute approximate surface area is 157 Å². The molecule has 26 heavy (non-hydrogen) atoms. The van der Waals surface area contributed by atoms with Crippen molar-refractivity contribution in [1.82, 2.24) is 9.80 Å². The summed E-state index contributed by atoms with van der Waals surface area (Å²) in [7, 11) is 4.10. The molecule has 0 saturated heterocycles. The molecule has 138 valence electrons. The maximum atomic E-state index is 12.8. The van der Waals surface area contributed by atoms with Gasteiger partial charge in [-0.2, -0.15) is 0 Å². The van der Waals surface area contributed by atoms with Gasteiger partial charge in [0.25, 0.3) is 0 Å². The van der Waals surface area contributed by atoms with Crippen molar-refractivity contribution in [1.29, 1.82) is 0 Å². The Morgan fingerprint density at radius 1 is 0.885 bits per heavy atom. The van der Waals surface area contributed by atoms with E-state index in [1.807, 2.05) is 36.4 Å². The minimum absolute atomic E-state index is 0.0624. The normalized spacial score (nSPS) is 11.6. The fraction of sp³-hybridized carbons (Fsp3) is 0.348. The van der Waals surface area contributed by atoms with E-state index in [1.165, 1.54) is 5.56 Å². The summed E-state index contributed by atoms with van der Waals surface area (Å²) in [5.74, 6) is 0.0624. The third kappa shape index (κ3) is 5.65. The highest BCUT2D eigenvalue weighted by molar-refractivity contribution is 6.07. The van der Waals surface area contributed by atoms with E-state index >= 15 is 0 Å². The lowest BCUT2D eigenvalue weighted by molar-refractivity contribution is 0.104. The van der Waals surface area contributed by atoms with Crippen molar-refractivity contribution < 1.29 is 4.79 Å². The number of hydrogen-bond donors (Lipinski definition) is 0. The lowest BCUT2D eigenvalue weighted by atomic mass is 10.0. The van der Waals surface area contributed by atoms with Crippen molar-refractivity contribution in [3.05, 3.63) is 76.9 Å². The predicted molar refractivity (Wildman–Crippen MR) is 110 cm³/mol. The highest BCUT2D eigenvalue weighted by Gasteiger charge is 2.11. The SMILES string of the molecule is CCN(CC)Cc1ccccc1C(=O)C=Cc1ccccc1CN(C)C. The summed E-state index contributed by atoms with van der Waals surface area (Å²) in [5, 5.41) is 0.